The van der Waals surface area contributed by atoms with Gasteiger partial charge in [0, 0.05) is 18.2 Å². The molecule has 3 atom stereocenters. The number of amides is 2. The van der Waals surface area contributed by atoms with Crippen LogP contribution in [0, 0.1) is 17.3 Å². The minimum atomic E-state index is -3.89. The van der Waals surface area contributed by atoms with E-state index in [0.29, 0.717) is 36.6 Å². The summed E-state index contributed by atoms with van der Waals surface area (Å²) in [5.74, 6) is 0.238. The lowest BCUT2D eigenvalue weighted by atomic mass is 9.45. The van der Waals surface area contributed by atoms with Gasteiger partial charge in [0.05, 0.1) is 4.90 Å². The SMILES string of the molecule is NC(=O)c1cccc(S(=O)(=O)N2CCCC2C(=O)NC2C3CCCC4(C3)CC2C4)c1. The molecule has 1 aromatic rings. The number of carbonyl (C=O) groups excluding carboxylic acids is 2. The Bertz CT molecular complexity index is 986. The first kappa shape index (κ1) is 20.0. The van der Waals surface area contributed by atoms with Crippen molar-refractivity contribution in [3.63, 3.8) is 0 Å². The highest BCUT2D eigenvalue weighted by Gasteiger charge is 2.57. The lowest BCUT2D eigenvalue weighted by molar-refractivity contribution is -0.134. The summed E-state index contributed by atoms with van der Waals surface area (Å²) in [6.45, 7) is 0.307. The van der Waals surface area contributed by atoms with Crippen LogP contribution >= 0.6 is 0 Å². The van der Waals surface area contributed by atoms with Gasteiger partial charge >= 0.3 is 0 Å². The van der Waals surface area contributed by atoms with Gasteiger partial charge in [-0.05, 0) is 80.4 Å². The van der Waals surface area contributed by atoms with E-state index in [2.05, 4.69) is 5.32 Å². The van der Waals surface area contributed by atoms with E-state index in [0.717, 1.165) is 6.42 Å². The molecule has 3 unspecified atom stereocenters. The fourth-order valence-corrected chi connectivity index (χ4v) is 8.30. The molecule has 6 rings (SSSR count). The number of benzene rings is 1. The minimum Gasteiger partial charge on any atom is -0.366 e. The van der Waals surface area contributed by atoms with Crippen LogP contribution in [0.3, 0.4) is 0 Å². The molecule has 1 aliphatic heterocycles. The molecule has 162 valence electrons. The maximum absolute atomic E-state index is 13.3. The van der Waals surface area contributed by atoms with Gasteiger partial charge in [0.25, 0.3) is 0 Å². The molecule has 1 heterocycles. The van der Waals surface area contributed by atoms with Crippen LogP contribution in [0.15, 0.2) is 29.2 Å². The Hall–Kier alpha value is -1.93. The van der Waals surface area contributed by atoms with Crippen molar-refractivity contribution < 1.29 is 18.0 Å². The van der Waals surface area contributed by atoms with Gasteiger partial charge in [-0.25, -0.2) is 8.42 Å². The van der Waals surface area contributed by atoms with Crippen molar-refractivity contribution in [1.82, 2.24) is 9.62 Å². The van der Waals surface area contributed by atoms with Crippen molar-refractivity contribution in [1.29, 1.82) is 0 Å². The van der Waals surface area contributed by atoms with E-state index < -0.39 is 22.0 Å². The van der Waals surface area contributed by atoms with Crippen LogP contribution in [0.25, 0.3) is 0 Å². The smallest absolute Gasteiger partial charge is 0.248 e. The third-order valence-electron chi connectivity index (χ3n) is 7.92. The second-order valence-corrected chi connectivity index (χ2v) is 11.6. The topological polar surface area (TPSA) is 110 Å². The molecule has 7 nitrogen and oxygen atoms in total. The highest BCUT2D eigenvalue weighted by molar-refractivity contribution is 7.89. The quantitative estimate of drug-likeness (QED) is 0.743. The summed E-state index contributed by atoms with van der Waals surface area (Å²) in [6, 6.07) is 5.23. The summed E-state index contributed by atoms with van der Waals surface area (Å²) in [4.78, 5) is 24.7. The van der Waals surface area contributed by atoms with E-state index in [1.165, 1.54) is 60.7 Å². The molecule has 8 heteroatoms. The molecule has 2 amide bonds. The van der Waals surface area contributed by atoms with Gasteiger partial charge in [-0.1, -0.05) is 12.5 Å². The van der Waals surface area contributed by atoms with Crippen LogP contribution in [-0.4, -0.2) is 43.2 Å². The summed E-state index contributed by atoms with van der Waals surface area (Å²) in [6.07, 6.45) is 8.53. The molecule has 3 bridgehead atoms. The Kier molecular flexibility index (Phi) is 4.70. The Morgan fingerprint density at radius 2 is 1.87 bits per heavy atom. The first-order chi connectivity index (χ1) is 14.3. The van der Waals surface area contributed by atoms with Crippen molar-refractivity contribution in [3.05, 3.63) is 29.8 Å². The molecule has 1 aromatic carbocycles. The molecule has 1 saturated heterocycles. The van der Waals surface area contributed by atoms with Gasteiger partial charge in [-0.2, -0.15) is 4.31 Å². The maximum Gasteiger partial charge on any atom is 0.248 e. The summed E-state index contributed by atoms with van der Waals surface area (Å²) in [7, 11) is -3.89. The monoisotopic (exact) mass is 431 g/mol. The molecular weight excluding hydrogens is 402 g/mol. The zero-order valence-corrected chi connectivity index (χ0v) is 17.9. The number of nitrogens with two attached hydrogens (primary N) is 1. The zero-order valence-electron chi connectivity index (χ0n) is 17.0. The molecular formula is C22H29N3O4S. The predicted molar refractivity (Wildman–Crippen MR) is 111 cm³/mol. The Morgan fingerprint density at radius 1 is 1.10 bits per heavy atom. The van der Waals surface area contributed by atoms with Crippen molar-refractivity contribution in [2.45, 2.75) is 68.3 Å². The number of carbonyl (C=O) groups is 2. The predicted octanol–water partition coefficient (Wildman–Crippen LogP) is 2.02. The second kappa shape index (κ2) is 7.05. The highest BCUT2D eigenvalue weighted by atomic mass is 32.2. The lowest BCUT2D eigenvalue weighted by Gasteiger charge is -2.62. The number of nitrogens with zero attached hydrogens (tertiary/aromatic N) is 1. The largest absolute Gasteiger partial charge is 0.366 e. The number of nitrogens with one attached hydrogen (secondary N) is 1. The van der Waals surface area contributed by atoms with E-state index in [4.69, 9.17) is 5.73 Å². The third kappa shape index (κ3) is 3.15. The standard InChI is InChI=1S/C22H29N3O4S/c23-20(26)14-4-1-6-17(10-14)30(28,29)25-9-3-7-18(25)21(27)24-19-15-5-2-8-22(11-15)12-16(19)13-22/h1,4,6,10,15-16,18-19H,2-3,5,7-9,11-13H2,(H2,23,26)(H,24,27). The fraction of sp³-hybridized carbons (Fsp3) is 0.636. The fourth-order valence-electron chi connectivity index (χ4n) is 6.60. The van der Waals surface area contributed by atoms with E-state index >= 15 is 0 Å². The van der Waals surface area contributed by atoms with Crippen LogP contribution in [-0.2, 0) is 14.8 Å². The summed E-state index contributed by atoms with van der Waals surface area (Å²) >= 11 is 0. The molecule has 5 fully saturated rings. The van der Waals surface area contributed by atoms with Gasteiger partial charge in [0.2, 0.25) is 21.8 Å². The molecule has 4 saturated carbocycles. The number of hydrogen-bond donors (Lipinski definition) is 2. The third-order valence-corrected chi connectivity index (χ3v) is 9.83. The van der Waals surface area contributed by atoms with Gasteiger partial charge in [0.15, 0.2) is 0 Å². The van der Waals surface area contributed by atoms with Crippen LogP contribution < -0.4 is 11.1 Å². The maximum atomic E-state index is 13.3. The second-order valence-electron chi connectivity index (χ2n) is 9.72. The van der Waals surface area contributed by atoms with Crippen molar-refractivity contribution in [2.75, 3.05) is 6.54 Å². The van der Waals surface area contributed by atoms with Gasteiger partial charge < -0.3 is 11.1 Å². The number of rotatable bonds is 5. The lowest BCUT2D eigenvalue weighted by Crippen LogP contribution is -2.62. The first-order valence-electron chi connectivity index (χ1n) is 11.0. The number of primary amides is 1. The molecule has 5 aliphatic rings. The molecule has 3 N–H and O–H groups in total. The Labute approximate surface area is 177 Å². The average molecular weight is 432 g/mol. The first-order valence-corrected chi connectivity index (χ1v) is 12.5. The molecule has 30 heavy (non-hydrogen) atoms. The number of sulfonamides is 1. The summed E-state index contributed by atoms with van der Waals surface area (Å²) in [5, 5.41) is 3.26. The van der Waals surface area contributed by atoms with Crippen molar-refractivity contribution in [2.24, 2.45) is 23.0 Å². The van der Waals surface area contributed by atoms with Gasteiger partial charge in [-0.3, -0.25) is 9.59 Å². The van der Waals surface area contributed by atoms with Crippen LogP contribution in [0.2, 0.25) is 0 Å². The molecule has 0 radical (unpaired) electrons. The minimum absolute atomic E-state index is 0.00669. The van der Waals surface area contributed by atoms with Gasteiger partial charge in [0.1, 0.15) is 6.04 Å². The van der Waals surface area contributed by atoms with Crippen LogP contribution in [0.4, 0.5) is 0 Å². The molecule has 4 aliphatic carbocycles. The van der Waals surface area contributed by atoms with E-state index in [9.17, 15) is 18.0 Å². The Balaban J connectivity index is 1.34. The summed E-state index contributed by atoms with van der Waals surface area (Å²) in [5.41, 5.74) is 5.99. The number of hydrogen-bond acceptors (Lipinski definition) is 4. The molecule has 0 aromatic heterocycles. The average Bonchev–Trinajstić information content (AvgIpc) is 3.20. The zero-order chi connectivity index (χ0) is 21.1. The molecule has 1 spiro atoms. The van der Waals surface area contributed by atoms with E-state index in [1.807, 2.05) is 0 Å². The van der Waals surface area contributed by atoms with Crippen molar-refractivity contribution in [3.8, 4) is 0 Å². The van der Waals surface area contributed by atoms with Crippen molar-refractivity contribution >= 4 is 21.8 Å². The Morgan fingerprint density at radius 3 is 2.63 bits per heavy atom. The van der Waals surface area contributed by atoms with Crippen LogP contribution in [0.1, 0.15) is 61.7 Å². The van der Waals surface area contributed by atoms with Crippen LogP contribution in [0.5, 0.6) is 0 Å². The highest BCUT2D eigenvalue weighted by Crippen LogP contribution is 2.63. The summed E-state index contributed by atoms with van der Waals surface area (Å²) < 4.78 is 27.8. The van der Waals surface area contributed by atoms with E-state index in [1.54, 1.807) is 0 Å². The van der Waals surface area contributed by atoms with Gasteiger partial charge in [-0.15, -0.1) is 0 Å². The normalized spacial score (nSPS) is 35.5. The van der Waals surface area contributed by atoms with E-state index in [-0.39, 0.29) is 22.4 Å².